The average molecular weight is 295 g/mol. The number of nitrogens with zero attached hydrogens (tertiary/aromatic N) is 2. The number of rotatable bonds is 2. The molecule has 2 aromatic rings. The number of fused-ring (bicyclic) bond motifs is 1. The first-order valence-electron chi connectivity index (χ1n) is 6.26. The molecule has 106 valence electrons. The molecule has 1 aromatic carbocycles. The summed E-state index contributed by atoms with van der Waals surface area (Å²) in [7, 11) is -3.60. The third-order valence-electron chi connectivity index (χ3n) is 3.51. The van der Waals surface area contributed by atoms with Crippen LogP contribution in [0.2, 0.25) is 0 Å². The highest BCUT2D eigenvalue weighted by atomic mass is 32.2. The van der Waals surface area contributed by atoms with E-state index in [1.165, 1.54) is 22.5 Å². The summed E-state index contributed by atoms with van der Waals surface area (Å²) in [6.07, 6.45) is 2.15. The lowest BCUT2D eigenvalue weighted by Crippen LogP contribution is -2.36. The molecule has 0 aliphatic carbocycles. The Balaban J connectivity index is 1.95. The van der Waals surface area contributed by atoms with Crippen LogP contribution in [0.1, 0.15) is 17.0 Å². The second-order valence-electron chi connectivity index (χ2n) is 4.83. The monoisotopic (exact) mass is 295 g/mol. The molecule has 0 unspecified atom stereocenters. The lowest BCUT2D eigenvalue weighted by atomic mass is 10.2. The number of hydrogen-bond acceptors (Lipinski definition) is 3. The van der Waals surface area contributed by atoms with Gasteiger partial charge in [0.05, 0.1) is 29.2 Å². The van der Waals surface area contributed by atoms with Gasteiger partial charge < -0.3 is 4.98 Å². The van der Waals surface area contributed by atoms with E-state index in [-0.39, 0.29) is 11.4 Å². The Morgan fingerprint density at radius 2 is 2.20 bits per heavy atom. The number of aryl methyl sites for hydroxylation is 1. The molecule has 3 rings (SSSR count). The molecule has 0 saturated heterocycles. The second kappa shape index (κ2) is 4.68. The van der Waals surface area contributed by atoms with Crippen LogP contribution >= 0.6 is 0 Å². The molecule has 1 aliphatic rings. The van der Waals surface area contributed by atoms with Gasteiger partial charge in [-0.3, -0.25) is 0 Å². The zero-order valence-electron chi connectivity index (χ0n) is 10.9. The summed E-state index contributed by atoms with van der Waals surface area (Å²) in [6, 6.07) is 3.86. The third-order valence-corrected chi connectivity index (χ3v) is 5.35. The number of imidazole rings is 1. The first-order chi connectivity index (χ1) is 9.48. The van der Waals surface area contributed by atoms with E-state index in [2.05, 4.69) is 9.97 Å². The number of benzene rings is 1. The van der Waals surface area contributed by atoms with Crippen molar-refractivity contribution in [1.82, 2.24) is 14.3 Å². The predicted molar refractivity (Wildman–Crippen MR) is 71.0 cm³/mol. The Labute approximate surface area is 116 Å². The van der Waals surface area contributed by atoms with Crippen molar-refractivity contribution in [3.63, 3.8) is 0 Å². The maximum atomic E-state index is 13.3. The summed E-state index contributed by atoms with van der Waals surface area (Å²) in [5.74, 6) is -0.404. The van der Waals surface area contributed by atoms with Crippen LogP contribution in [0.15, 0.2) is 29.4 Å². The molecular weight excluding hydrogens is 281 g/mol. The average Bonchev–Trinajstić information content (AvgIpc) is 2.89. The van der Waals surface area contributed by atoms with Gasteiger partial charge in [-0.15, -0.1) is 0 Å². The molecular formula is C13H14FN3O2S. The van der Waals surface area contributed by atoms with Gasteiger partial charge in [0.2, 0.25) is 10.0 Å². The van der Waals surface area contributed by atoms with Crippen LogP contribution in [0.3, 0.4) is 0 Å². The maximum absolute atomic E-state index is 13.3. The first kappa shape index (κ1) is 13.3. The normalized spacial score (nSPS) is 16.1. The molecule has 1 aliphatic heterocycles. The number of sulfonamides is 1. The van der Waals surface area contributed by atoms with Gasteiger partial charge in [0.25, 0.3) is 0 Å². The summed E-state index contributed by atoms with van der Waals surface area (Å²) in [6.45, 7) is 2.21. The molecule has 0 saturated carbocycles. The van der Waals surface area contributed by atoms with Gasteiger partial charge in [-0.2, -0.15) is 4.31 Å². The van der Waals surface area contributed by atoms with Gasteiger partial charge in [-0.05, 0) is 30.7 Å². The SMILES string of the molecule is Cc1cc(S(=O)(=O)N2CCc3nc[nH]c3C2)ccc1F. The van der Waals surface area contributed by atoms with Crippen LogP contribution < -0.4 is 0 Å². The number of halogens is 1. The molecule has 0 spiro atoms. The van der Waals surface area contributed by atoms with Crippen molar-refractivity contribution in [2.75, 3.05) is 6.54 Å². The lowest BCUT2D eigenvalue weighted by Gasteiger charge is -2.25. The number of nitrogens with one attached hydrogen (secondary N) is 1. The molecule has 1 N–H and O–H groups in total. The molecule has 2 heterocycles. The van der Waals surface area contributed by atoms with E-state index in [0.717, 1.165) is 11.4 Å². The highest BCUT2D eigenvalue weighted by molar-refractivity contribution is 7.89. The molecule has 5 nitrogen and oxygen atoms in total. The predicted octanol–water partition coefficient (Wildman–Crippen LogP) is 1.60. The van der Waals surface area contributed by atoms with Crippen molar-refractivity contribution in [3.8, 4) is 0 Å². The minimum atomic E-state index is -3.60. The molecule has 0 bridgehead atoms. The van der Waals surface area contributed by atoms with Crippen molar-refractivity contribution in [3.05, 3.63) is 47.3 Å². The molecule has 20 heavy (non-hydrogen) atoms. The minimum Gasteiger partial charge on any atom is -0.347 e. The Morgan fingerprint density at radius 3 is 2.95 bits per heavy atom. The van der Waals surface area contributed by atoms with E-state index < -0.39 is 15.8 Å². The van der Waals surface area contributed by atoms with Crippen molar-refractivity contribution in [2.24, 2.45) is 0 Å². The van der Waals surface area contributed by atoms with Crippen LogP contribution in [-0.2, 0) is 23.0 Å². The van der Waals surface area contributed by atoms with Crippen molar-refractivity contribution in [1.29, 1.82) is 0 Å². The van der Waals surface area contributed by atoms with E-state index in [1.54, 1.807) is 13.3 Å². The van der Waals surface area contributed by atoms with E-state index in [4.69, 9.17) is 0 Å². The summed E-state index contributed by atoms with van der Waals surface area (Å²) in [5.41, 5.74) is 2.05. The summed E-state index contributed by atoms with van der Waals surface area (Å²) >= 11 is 0. The first-order valence-corrected chi connectivity index (χ1v) is 7.70. The minimum absolute atomic E-state index is 0.124. The van der Waals surface area contributed by atoms with Crippen LogP contribution in [0, 0.1) is 12.7 Å². The summed E-state index contributed by atoms with van der Waals surface area (Å²) in [5, 5.41) is 0. The van der Waals surface area contributed by atoms with E-state index in [9.17, 15) is 12.8 Å². The fourth-order valence-corrected chi connectivity index (χ4v) is 3.81. The standard InChI is InChI=1S/C13H14FN3O2S/c1-9-6-10(2-3-11(9)14)20(18,19)17-5-4-12-13(7-17)16-8-15-12/h2-3,6,8H,4-5,7H2,1H3,(H,15,16). The summed E-state index contributed by atoms with van der Waals surface area (Å²) < 4.78 is 39.8. The number of aromatic nitrogens is 2. The van der Waals surface area contributed by atoms with Gasteiger partial charge >= 0.3 is 0 Å². The summed E-state index contributed by atoms with van der Waals surface area (Å²) in [4.78, 5) is 7.22. The Bertz CT molecular complexity index is 755. The zero-order chi connectivity index (χ0) is 14.3. The largest absolute Gasteiger partial charge is 0.347 e. The number of aromatic amines is 1. The molecule has 7 heteroatoms. The van der Waals surface area contributed by atoms with E-state index >= 15 is 0 Å². The maximum Gasteiger partial charge on any atom is 0.243 e. The Morgan fingerprint density at radius 1 is 1.40 bits per heavy atom. The van der Waals surface area contributed by atoms with Crippen LogP contribution in [0.4, 0.5) is 4.39 Å². The van der Waals surface area contributed by atoms with Gasteiger partial charge in [0.1, 0.15) is 5.82 Å². The van der Waals surface area contributed by atoms with E-state index in [1.807, 2.05) is 0 Å². The molecule has 0 fully saturated rings. The van der Waals surface area contributed by atoms with Gasteiger partial charge in [-0.1, -0.05) is 0 Å². The fraction of sp³-hybridized carbons (Fsp3) is 0.308. The Kier molecular flexibility index (Phi) is 3.10. The van der Waals surface area contributed by atoms with Gasteiger partial charge in [0.15, 0.2) is 0 Å². The lowest BCUT2D eigenvalue weighted by molar-refractivity contribution is 0.385. The molecule has 0 radical (unpaired) electrons. The topological polar surface area (TPSA) is 66.1 Å². The highest BCUT2D eigenvalue weighted by Crippen LogP contribution is 2.24. The Hall–Kier alpha value is -1.73. The molecule has 0 atom stereocenters. The molecule has 1 aromatic heterocycles. The second-order valence-corrected chi connectivity index (χ2v) is 6.77. The highest BCUT2D eigenvalue weighted by Gasteiger charge is 2.29. The van der Waals surface area contributed by atoms with Gasteiger partial charge in [-0.25, -0.2) is 17.8 Å². The van der Waals surface area contributed by atoms with Crippen LogP contribution in [-0.4, -0.2) is 29.2 Å². The smallest absolute Gasteiger partial charge is 0.243 e. The van der Waals surface area contributed by atoms with Gasteiger partial charge in [0, 0.05) is 13.0 Å². The fourth-order valence-electron chi connectivity index (χ4n) is 2.32. The third kappa shape index (κ3) is 2.12. The van der Waals surface area contributed by atoms with Crippen molar-refractivity contribution >= 4 is 10.0 Å². The van der Waals surface area contributed by atoms with Crippen molar-refractivity contribution < 1.29 is 12.8 Å². The molecule has 0 amide bonds. The quantitative estimate of drug-likeness (QED) is 0.915. The number of hydrogen-bond donors (Lipinski definition) is 1. The van der Waals surface area contributed by atoms with Crippen molar-refractivity contribution in [2.45, 2.75) is 24.8 Å². The van der Waals surface area contributed by atoms with Crippen LogP contribution in [0.25, 0.3) is 0 Å². The number of H-pyrrole nitrogens is 1. The zero-order valence-corrected chi connectivity index (χ0v) is 11.7. The van der Waals surface area contributed by atoms with Crippen LogP contribution in [0.5, 0.6) is 0 Å². The van der Waals surface area contributed by atoms with E-state index in [0.29, 0.717) is 18.5 Å².